The van der Waals surface area contributed by atoms with Gasteiger partial charge in [-0.25, -0.2) is 0 Å². The van der Waals surface area contributed by atoms with E-state index in [1.807, 2.05) is 27.7 Å². The van der Waals surface area contributed by atoms with E-state index >= 15 is 0 Å². The lowest BCUT2D eigenvalue weighted by Crippen LogP contribution is -2.49. The van der Waals surface area contributed by atoms with Crippen LogP contribution in [0.2, 0.25) is 0 Å². The quantitative estimate of drug-likeness (QED) is 0.631. The van der Waals surface area contributed by atoms with Crippen LogP contribution in [0.15, 0.2) is 24.3 Å². The maximum atomic E-state index is 12.9. The third-order valence-electron chi connectivity index (χ3n) is 4.58. The van der Waals surface area contributed by atoms with E-state index in [0.717, 1.165) is 5.56 Å². The summed E-state index contributed by atoms with van der Waals surface area (Å²) in [6.45, 7) is 16.2. The zero-order valence-electron chi connectivity index (χ0n) is 18.1. The SMILES string of the molecule is CCOC(CN(Cc1ccc(C(C)(C)C)cc1)C(=O)C(N)C(C)C)OCC. The van der Waals surface area contributed by atoms with Crippen molar-refractivity contribution in [3.05, 3.63) is 35.4 Å². The molecule has 0 aromatic heterocycles. The van der Waals surface area contributed by atoms with E-state index in [4.69, 9.17) is 15.2 Å². The second-order valence-corrected chi connectivity index (χ2v) is 8.28. The van der Waals surface area contributed by atoms with E-state index in [1.54, 1.807) is 4.90 Å². The summed E-state index contributed by atoms with van der Waals surface area (Å²) in [4.78, 5) is 14.7. The molecule has 0 aliphatic heterocycles. The molecule has 0 saturated heterocycles. The normalized spacial score (nSPS) is 13.3. The molecule has 0 spiro atoms. The van der Waals surface area contributed by atoms with Gasteiger partial charge in [0.15, 0.2) is 6.29 Å². The molecular weight excluding hydrogens is 340 g/mol. The Kier molecular flexibility index (Phi) is 9.43. The van der Waals surface area contributed by atoms with Crippen LogP contribution in [0.5, 0.6) is 0 Å². The zero-order chi connectivity index (χ0) is 20.6. The molecule has 1 atom stereocenters. The van der Waals surface area contributed by atoms with Crippen molar-refractivity contribution in [2.45, 2.75) is 72.8 Å². The molecule has 27 heavy (non-hydrogen) atoms. The molecule has 1 amide bonds. The number of benzene rings is 1. The third kappa shape index (κ3) is 7.60. The minimum Gasteiger partial charge on any atom is -0.351 e. The number of carbonyl (C=O) groups excluding carboxylic acids is 1. The van der Waals surface area contributed by atoms with E-state index in [-0.39, 0.29) is 17.2 Å². The van der Waals surface area contributed by atoms with Crippen LogP contribution >= 0.6 is 0 Å². The Hall–Kier alpha value is -1.43. The first-order valence-corrected chi connectivity index (χ1v) is 9.97. The number of rotatable bonds is 10. The van der Waals surface area contributed by atoms with Crippen molar-refractivity contribution in [1.29, 1.82) is 0 Å². The summed E-state index contributed by atoms with van der Waals surface area (Å²) in [6.07, 6.45) is -0.447. The average Bonchev–Trinajstić information content (AvgIpc) is 2.59. The lowest BCUT2D eigenvalue weighted by atomic mass is 9.87. The Morgan fingerprint density at radius 3 is 2.00 bits per heavy atom. The first-order chi connectivity index (χ1) is 12.6. The van der Waals surface area contributed by atoms with Crippen molar-refractivity contribution in [1.82, 2.24) is 4.90 Å². The Morgan fingerprint density at radius 2 is 1.59 bits per heavy atom. The fourth-order valence-corrected chi connectivity index (χ4v) is 2.76. The molecule has 2 N–H and O–H groups in total. The highest BCUT2D eigenvalue weighted by Gasteiger charge is 2.26. The molecule has 5 nitrogen and oxygen atoms in total. The Morgan fingerprint density at radius 1 is 1.07 bits per heavy atom. The van der Waals surface area contributed by atoms with Gasteiger partial charge in [-0.15, -0.1) is 0 Å². The van der Waals surface area contributed by atoms with Gasteiger partial charge in [0.05, 0.1) is 12.6 Å². The fraction of sp³-hybridized carbons (Fsp3) is 0.682. The molecule has 0 fully saturated rings. The van der Waals surface area contributed by atoms with Crippen LogP contribution in [0.4, 0.5) is 0 Å². The van der Waals surface area contributed by atoms with Crippen molar-refractivity contribution < 1.29 is 14.3 Å². The van der Waals surface area contributed by atoms with Gasteiger partial charge in [-0.1, -0.05) is 58.9 Å². The van der Waals surface area contributed by atoms with E-state index in [9.17, 15) is 4.79 Å². The maximum absolute atomic E-state index is 12.9. The van der Waals surface area contributed by atoms with Crippen molar-refractivity contribution in [2.75, 3.05) is 19.8 Å². The van der Waals surface area contributed by atoms with Gasteiger partial charge in [0.1, 0.15) is 0 Å². The number of hydrogen-bond donors (Lipinski definition) is 1. The monoisotopic (exact) mass is 378 g/mol. The maximum Gasteiger partial charge on any atom is 0.240 e. The van der Waals surface area contributed by atoms with Crippen LogP contribution in [-0.2, 0) is 26.2 Å². The van der Waals surface area contributed by atoms with Crippen LogP contribution in [0.1, 0.15) is 59.6 Å². The Bertz CT molecular complexity index is 558. The van der Waals surface area contributed by atoms with Gasteiger partial charge in [-0.2, -0.15) is 0 Å². The van der Waals surface area contributed by atoms with Crippen LogP contribution in [0, 0.1) is 5.92 Å². The Labute approximate surface area is 165 Å². The second-order valence-electron chi connectivity index (χ2n) is 8.28. The number of amides is 1. The molecule has 0 saturated carbocycles. The molecule has 0 bridgehead atoms. The van der Waals surface area contributed by atoms with Crippen LogP contribution in [0.25, 0.3) is 0 Å². The van der Waals surface area contributed by atoms with E-state index in [2.05, 4.69) is 45.0 Å². The van der Waals surface area contributed by atoms with Gasteiger partial charge < -0.3 is 20.1 Å². The smallest absolute Gasteiger partial charge is 0.240 e. The standard InChI is InChI=1S/C22H38N2O3/c1-8-26-19(27-9-2)15-24(21(25)20(23)16(3)4)14-17-10-12-18(13-11-17)22(5,6)7/h10-13,16,19-20H,8-9,14-15,23H2,1-7H3. The van der Waals surface area contributed by atoms with E-state index < -0.39 is 12.3 Å². The fourth-order valence-electron chi connectivity index (χ4n) is 2.76. The summed E-state index contributed by atoms with van der Waals surface area (Å²) in [5.74, 6) is -0.00444. The summed E-state index contributed by atoms with van der Waals surface area (Å²) < 4.78 is 11.3. The second kappa shape index (κ2) is 10.8. The van der Waals surface area contributed by atoms with Crippen molar-refractivity contribution in [2.24, 2.45) is 11.7 Å². The summed E-state index contributed by atoms with van der Waals surface area (Å²) in [5, 5.41) is 0. The summed E-state index contributed by atoms with van der Waals surface area (Å²) in [5.41, 5.74) is 8.58. The number of carbonyl (C=O) groups is 1. The first kappa shape index (κ1) is 23.6. The van der Waals surface area contributed by atoms with Crippen molar-refractivity contribution >= 4 is 5.91 Å². The minimum atomic E-state index is -0.539. The molecule has 1 aromatic rings. The highest BCUT2D eigenvalue weighted by atomic mass is 16.7. The van der Waals surface area contributed by atoms with E-state index in [1.165, 1.54) is 5.56 Å². The van der Waals surface area contributed by atoms with E-state index in [0.29, 0.717) is 26.3 Å². The number of hydrogen-bond acceptors (Lipinski definition) is 4. The molecule has 154 valence electrons. The number of ether oxygens (including phenoxy) is 2. The summed E-state index contributed by atoms with van der Waals surface area (Å²) in [7, 11) is 0. The number of nitrogens with two attached hydrogens (primary N) is 1. The Balaban J connectivity index is 3.00. The first-order valence-electron chi connectivity index (χ1n) is 9.97. The molecule has 1 rings (SSSR count). The van der Waals surface area contributed by atoms with Gasteiger partial charge in [0, 0.05) is 19.8 Å². The molecule has 0 radical (unpaired) electrons. The van der Waals surface area contributed by atoms with Crippen molar-refractivity contribution in [3.63, 3.8) is 0 Å². The highest BCUT2D eigenvalue weighted by molar-refractivity contribution is 5.82. The lowest BCUT2D eigenvalue weighted by Gasteiger charge is -2.30. The lowest BCUT2D eigenvalue weighted by molar-refractivity contribution is -0.161. The predicted octanol–water partition coefficient (Wildman–Crippen LogP) is 3.70. The van der Waals surface area contributed by atoms with Gasteiger partial charge in [0.2, 0.25) is 5.91 Å². The molecular formula is C22H38N2O3. The predicted molar refractivity (Wildman–Crippen MR) is 110 cm³/mol. The van der Waals surface area contributed by atoms with Gasteiger partial charge in [-0.05, 0) is 36.3 Å². The molecule has 5 heteroatoms. The topological polar surface area (TPSA) is 64.8 Å². The van der Waals surface area contributed by atoms with Crippen LogP contribution < -0.4 is 5.73 Å². The van der Waals surface area contributed by atoms with Crippen molar-refractivity contribution in [3.8, 4) is 0 Å². The molecule has 0 aliphatic rings. The highest BCUT2D eigenvalue weighted by Crippen LogP contribution is 2.23. The molecule has 1 aromatic carbocycles. The minimum absolute atomic E-state index is 0.0703. The average molecular weight is 379 g/mol. The third-order valence-corrected chi connectivity index (χ3v) is 4.58. The molecule has 0 aliphatic carbocycles. The van der Waals surface area contributed by atoms with Crippen LogP contribution in [-0.4, -0.2) is 42.9 Å². The van der Waals surface area contributed by atoms with Gasteiger partial charge in [-0.3, -0.25) is 4.79 Å². The molecule has 1 unspecified atom stereocenters. The number of nitrogens with zero attached hydrogens (tertiary/aromatic N) is 1. The zero-order valence-corrected chi connectivity index (χ0v) is 18.1. The van der Waals surface area contributed by atoms with Gasteiger partial charge >= 0.3 is 0 Å². The molecule has 0 heterocycles. The summed E-state index contributed by atoms with van der Waals surface area (Å²) >= 11 is 0. The van der Waals surface area contributed by atoms with Crippen LogP contribution in [0.3, 0.4) is 0 Å². The van der Waals surface area contributed by atoms with Gasteiger partial charge in [0.25, 0.3) is 0 Å². The largest absolute Gasteiger partial charge is 0.351 e. The summed E-state index contributed by atoms with van der Waals surface area (Å²) in [6, 6.07) is 7.88.